The van der Waals surface area contributed by atoms with Crippen molar-refractivity contribution in [3.8, 4) is 0 Å². The summed E-state index contributed by atoms with van der Waals surface area (Å²) in [6.45, 7) is -1.80. The number of hydrogen-bond donors (Lipinski definition) is 0. The highest BCUT2D eigenvalue weighted by Gasteiger charge is 2.39. The molecule has 0 unspecified atom stereocenters. The van der Waals surface area contributed by atoms with Gasteiger partial charge in [-0.25, -0.2) is 0 Å². The van der Waals surface area contributed by atoms with Crippen molar-refractivity contribution in [1.29, 1.82) is 0 Å². The molecule has 1 aliphatic rings. The fraction of sp³-hybridized carbons (Fsp3) is 0.364. The first-order valence-electron chi connectivity index (χ1n) is 5.14. The molecule has 0 radical (unpaired) electrons. The van der Waals surface area contributed by atoms with Crippen LogP contribution in [0.5, 0.6) is 0 Å². The molecule has 0 aromatic heterocycles. The zero-order valence-electron chi connectivity index (χ0n) is 9.27. The molecule has 0 saturated heterocycles. The Bertz CT molecular complexity index is 519. The average molecular weight is 283 g/mol. The highest BCUT2D eigenvalue weighted by atomic mass is 19.4. The van der Waals surface area contributed by atoms with Gasteiger partial charge in [-0.2, -0.15) is 26.3 Å². The summed E-state index contributed by atoms with van der Waals surface area (Å²) in [5.41, 5.74) is -1.20. The number of nitrogens with zero attached hydrogens (tertiary/aromatic N) is 1. The molecule has 19 heavy (non-hydrogen) atoms. The van der Waals surface area contributed by atoms with Gasteiger partial charge in [-0.05, 0) is 17.7 Å². The van der Waals surface area contributed by atoms with Gasteiger partial charge in [-0.1, -0.05) is 6.07 Å². The van der Waals surface area contributed by atoms with Gasteiger partial charge in [-0.15, -0.1) is 0 Å². The summed E-state index contributed by atoms with van der Waals surface area (Å²) in [5, 5.41) is 0. The van der Waals surface area contributed by atoms with Crippen LogP contribution in [0.4, 0.5) is 26.3 Å². The van der Waals surface area contributed by atoms with E-state index in [0.717, 1.165) is 12.1 Å². The first kappa shape index (κ1) is 13.7. The molecule has 2 nitrogen and oxygen atoms in total. The number of halogens is 6. The molecule has 0 atom stereocenters. The van der Waals surface area contributed by atoms with Gasteiger partial charge < -0.3 is 4.90 Å². The number of rotatable bonds is 1. The minimum atomic E-state index is -4.63. The molecular formula is C11H7F6NO. The summed E-state index contributed by atoms with van der Waals surface area (Å²) in [5.74, 6) is -1.03. The normalized spacial score (nSPS) is 15.9. The number of carbonyl (C=O) groups excluding carboxylic acids is 1. The van der Waals surface area contributed by atoms with E-state index in [1.165, 1.54) is 0 Å². The van der Waals surface area contributed by atoms with Crippen LogP contribution in [-0.2, 0) is 12.7 Å². The molecule has 1 aromatic rings. The van der Waals surface area contributed by atoms with Crippen molar-refractivity contribution in [2.75, 3.05) is 6.54 Å². The minimum Gasteiger partial charge on any atom is -0.325 e. The molecule has 0 saturated carbocycles. The van der Waals surface area contributed by atoms with Crippen LogP contribution in [0.15, 0.2) is 18.2 Å². The predicted octanol–water partition coefficient (Wildman–Crippen LogP) is 3.22. The Morgan fingerprint density at radius 3 is 2.26 bits per heavy atom. The Morgan fingerprint density at radius 2 is 1.74 bits per heavy atom. The third kappa shape index (κ3) is 2.82. The lowest BCUT2D eigenvalue weighted by Gasteiger charge is -2.17. The van der Waals surface area contributed by atoms with Crippen LogP contribution in [0.2, 0.25) is 0 Å². The van der Waals surface area contributed by atoms with Gasteiger partial charge in [0.15, 0.2) is 0 Å². The van der Waals surface area contributed by atoms with E-state index in [0.29, 0.717) is 11.0 Å². The number of fused-ring (bicyclic) bond motifs is 1. The minimum absolute atomic E-state index is 0.169. The molecule has 1 aromatic carbocycles. The number of carbonyl (C=O) groups is 1. The maximum atomic E-state index is 12.4. The summed E-state index contributed by atoms with van der Waals surface area (Å²) in [7, 11) is 0. The van der Waals surface area contributed by atoms with Gasteiger partial charge in [0.25, 0.3) is 5.91 Å². The van der Waals surface area contributed by atoms with E-state index in [9.17, 15) is 31.1 Å². The van der Waals surface area contributed by atoms with Crippen molar-refractivity contribution in [2.24, 2.45) is 0 Å². The zero-order chi connectivity index (χ0) is 14.4. The van der Waals surface area contributed by atoms with E-state index < -0.39 is 30.4 Å². The maximum Gasteiger partial charge on any atom is 0.416 e. The van der Waals surface area contributed by atoms with Gasteiger partial charge in [0.2, 0.25) is 0 Å². The lowest BCUT2D eigenvalue weighted by atomic mass is 10.1. The monoisotopic (exact) mass is 283 g/mol. The Morgan fingerprint density at radius 1 is 1.11 bits per heavy atom. The van der Waals surface area contributed by atoms with E-state index in [-0.39, 0.29) is 17.7 Å². The Hall–Kier alpha value is -1.73. The number of amides is 1. The van der Waals surface area contributed by atoms with E-state index >= 15 is 0 Å². The Labute approximate surface area is 103 Å². The second kappa shape index (κ2) is 4.14. The second-order valence-electron chi connectivity index (χ2n) is 4.15. The number of alkyl halides is 6. The van der Waals surface area contributed by atoms with E-state index in [1.807, 2.05) is 0 Å². The molecule has 0 bridgehead atoms. The summed E-state index contributed by atoms with van der Waals surface area (Å²) in [6, 6.07) is 2.38. The van der Waals surface area contributed by atoms with Crippen molar-refractivity contribution in [1.82, 2.24) is 4.90 Å². The fourth-order valence-corrected chi connectivity index (χ4v) is 1.88. The van der Waals surface area contributed by atoms with Gasteiger partial charge in [-0.3, -0.25) is 4.79 Å². The number of hydrogen-bond acceptors (Lipinski definition) is 1. The first-order valence-corrected chi connectivity index (χ1v) is 5.14. The fourth-order valence-electron chi connectivity index (χ4n) is 1.88. The predicted molar refractivity (Wildman–Crippen MR) is 52.2 cm³/mol. The summed E-state index contributed by atoms with van der Waals surface area (Å²) < 4.78 is 73.9. The quantitative estimate of drug-likeness (QED) is 0.725. The summed E-state index contributed by atoms with van der Waals surface area (Å²) >= 11 is 0. The molecule has 0 aliphatic carbocycles. The number of benzene rings is 1. The van der Waals surface area contributed by atoms with Crippen LogP contribution < -0.4 is 0 Å². The molecule has 1 aliphatic heterocycles. The van der Waals surface area contributed by atoms with E-state index in [4.69, 9.17) is 0 Å². The van der Waals surface area contributed by atoms with Gasteiger partial charge >= 0.3 is 12.4 Å². The average Bonchev–Trinajstić information content (AvgIpc) is 2.52. The first-order chi connectivity index (χ1) is 8.58. The van der Waals surface area contributed by atoms with E-state index in [2.05, 4.69) is 0 Å². The van der Waals surface area contributed by atoms with Crippen LogP contribution in [-0.4, -0.2) is 23.5 Å². The van der Waals surface area contributed by atoms with Crippen molar-refractivity contribution < 1.29 is 31.1 Å². The summed E-state index contributed by atoms with van der Waals surface area (Å²) in [6.07, 6.45) is -9.21. The van der Waals surface area contributed by atoms with Crippen LogP contribution in [0, 0.1) is 0 Å². The lowest BCUT2D eigenvalue weighted by Crippen LogP contribution is -2.34. The van der Waals surface area contributed by atoms with Crippen molar-refractivity contribution >= 4 is 5.91 Å². The highest BCUT2D eigenvalue weighted by molar-refractivity contribution is 5.98. The SMILES string of the molecule is O=C1c2cc(C(F)(F)F)ccc2CN1CC(F)(F)F. The molecule has 1 amide bonds. The molecule has 8 heteroatoms. The largest absolute Gasteiger partial charge is 0.416 e. The molecule has 0 spiro atoms. The van der Waals surface area contributed by atoms with Crippen LogP contribution in [0.25, 0.3) is 0 Å². The molecule has 1 heterocycles. The zero-order valence-corrected chi connectivity index (χ0v) is 9.27. The van der Waals surface area contributed by atoms with Gasteiger partial charge in [0, 0.05) is 12.1 Å². The van der Waals surface area contributed by atoms with Crippen LogP contribution in [0.1, 0.15) is 21.5 Å². The molecule has 104 valence electrons. The van der Waals surface area contributed by atoms with Crippen molar-refractivity contribution in [3.05, 3.63) is 34.9 Å². The molecule has 0 fully saturated rings. The standard InChI is InChI=1S/C11H7F6NO/c12-10(13,14)5-18-4-6-1-2-7(11(15,16)17)3-8(6)9(18)19/h1-3H,4-5H2. The molecule has 0 N–H and O–H groups in total. The lowest BCUT2D eigenvalue weighted by molar-refractivity contribution is -0.141. The third-order valence-electron chi connectivity index (χ3n) is 2.69. The van der Waals surface area contributed by atoms with Gasteiger partial charge in [0.1, 0.15) is 6.54 Å². The third-order valence-corrected chi connectivity index (χ3v) is 2.69. The molecular weight excluding hydrogens is 276 g/mol. The highest BCUT2D eigenvalue weighted by Crippen LogP contribution is 2.34. The van der Waals surface area contributed by atoms with Gasteiger partial charge in [0.05, 0.1) is 5.56 Å². The van der Waals surface area contributed by atoms with Crippen LogP contribution in [0.3, 0.4) is 0 Å². The maximum absolute atomic E-state index is 12.4. The molecule has 2 rings (SSSR count). The van der Waals surface area contributed by atoms with E-state index in [1.54, 1.807) is 0 Å². The van der Waals surface area contributed by atoms with Crippen LogP contribution >= 0.6 is 0 Å². The van der Waals surface area contributed by atoms with Crippen molar-refractivity contribution in [2.45, 2.75) is 18.9 Å². The smallest absolute Gasteiger partial charge is 0.325 e. The summed E-state index contributed by atoms with van der Waals surface area (Å²) in [4.78, 5) is 12.1. The van der Waals surface area contributed by atoms with Crippen molar-refractivity contribution in [3.63, 3.8) is 0 Å². The second-order valence-corrected chi connectivity index (χ2v) is 4.15. The topological polar surface area (TPSA) is 20.3 Å². The Kier molecular flexibility index (Phi) is 2.98. The Balaban J connectivity index is 2.29.